The molecule has 0 N–H and O–H groups in total. The first-order valence-corrected chi connectivity index (χ1v) is 6.86. The maximum atomic E-state index is 12.4. The van der Waals surface area contributed by atoms with Crippen LogP contribution >= 0.6 is 15.9 Å². The van der Waals surface area contributed by atoms with Gasteiger partial charge in [0, 0.05) is 16.2 Å². The van der Waals surface area contributed by atoms with Gasteiger partial charge < -0.3 is 4.90 Å². The maximum absolute atomic E-state index is 12.4. The molecule has 0 saturated carbocycles. The molecule has 94 valence electrons. The third kappa shape index (κ3) is 2.34. The van der Waals surface area contributed by atoms with Crippen LogP contribution in [0.25, 0.3) is 6.08 Å². The summed E-state index contributed by atoms with van der Waals surface area (Å²) in [7, 11) is 0. The Bertz CT molecular complexity index is 649. The number of benzene rings is 2. The second-order valence-electron chi connectivity index (χ2n) is 4.43. The van der Waals surface area contributed by atoms with Gasteiger partial charge >= 0.3 is 0 Å². The van der Waals surface area contributed by atoms with Gasteiger partial charge in [0.1, 0.15) is 0 Å². The molecule has 19 heavy (non-hydrogen) atoms. The highest BCUT2D eigenvalue weighted by molar-refractivity contribution is 9.10. The molecule has 0 spiro atoms. The minimum Gasteiger partial charge on any atom is -0.311 e. The van der Waals surface area contributed by atoms with Crippen LogP contribution in [-0.2, 0) is 6.54 Å². The van der Waals surface area contributed by atoms with Crippen LogP contribution in [0.4, 0.5) is 0 Å². The van der Waals surface area contributed by atoms with E-state index in [0.717, 1.165) is 15.6 Å². The fourth-order valence-electron chi connectivity index (χ4n) is 2.19. The first kappa shape index (κ1) is 12.2. The Morgan fingerprint density at radius 3 is 2.63 bits per heavy atom. The van der Waals surface area contributed by atoms with Gasteiger partial charge in [-0.25, -0.2) is 0 Å². The number of hydrogen-bond acceptors (Lipinski definition) is 1. The molecular formula is C16H12BrNO. The zero-order chi connectivity index (χ0) is 13.2. The highest BCUT2D eigenvalue weighted by Gasteiger charge is 2.18. The Balaban J connectivity index is 1.90. The second kappa shape index (κ2) is 5.02. The number of carbonyl (C=O) groups excluding carboxylic acids is 1. The third-order valence-electron chi connectivity index (χ3n) is 3.19. The highest BCUT2D eigenvalue weighted by atomic mass is 79.9. The van der Waals surface area contributed by atoms with E-state index in [2.05, 4.69) is 22.0 Å². The molecule has 1 aliphatic heterocycles. The van der Waals surface area contributed by atoms with E-state index >= 15 is 0 Å². The molecule has 2 aromatic carbocycles. The summed E-state index contributed by atoms with van der Waals surface area (Å²) in [5, 5.41) is 0. The summed E-state index contributed by atoms with van der Waals surface area (Å²) in [5.41, 5.74) is 3.02. The van der Waals surface area contributed by atoms with E-state index < -0.39 is 0 Å². The number of amides is 1. The zero-order valence-corrected chi connectivity index (χ0v) is 11.8. The largest absolute Gasteiger partial charge is 0.311 e. The van der Waals surface area contributed by atoms with Crippen LogP contribution in [0, 0.1) is 0 Å². The molecule has 0 radical (unpaired) electrons. The van der Waals surface area contributed by atoms with Gasteiger partial charge in [0.2, 0.25) is 0 Å². The van der Waals surface area contributed by atoms with E-state index in [1.165, 1.54) is 0 Å². The molecule has 3 heteroatoms. The summed E-state index contributed by atoms with van der Waals surface area (Å²) >= 11 is 3.53. The fraction of sp³-hybridized carbons (Fsp3) is 0.0625. The van der Waals surface area contributed by atoms with Crippen molar-refractivity contribution in [2.75, 3.05) is 0 Å². The minimum absolute atomic E-state index is 0.0301. The number of carbonyl (C=O) groups is 1. The summed E-state index contributed by atoms with van der Waals surface area (Å²) in [6.45, 7) is 0.610. The van der Waals surface area contributed by atoms with E-state index in [1.807, 2.05) is 54.7 Å². The molecule has 0 aromatic heterocycles. The van der Waals surface area contributed by atoms with Crippen molar-refractivity contribution in [1.29, 1.82) is 0 Å². The predicted octanol–water partition coefficient (Wildman–Crippen LogP) is 4.08. The van der Waals surface area contributed by atoms with Crippen LogP contribution in [0.15, 0.2) is 59.2 Å². The molecule has 0 saturated heterocycles. The normalized spacial score (nSPS) is 13.2. The van der Waals surface area contributed by atoms with Gasteiger partial charge in [-0.3, -0.25) is 4.79 Å². The number of hydrogen-bond donors (Lipinski definition) is 0. The molecule has 1 amide bonds. The van der Waals surface area contributed by atoms with E-state index in [-0.39, 0.29) is 5.91 Å². The highest BCUT2D eigenvalue weighted by Crippen LogP contribution is 2.27. The van der Waals surface area contributed by atoms with Crippen molar-refractivity contribution in [3.8, 4) is 0 Å². The van der Waals surface area contributed by atoms with Gasteiger partial charge in [0.25, 0.3) is 5.91 Å². The van der Waals surface area contributed by atoms with Crippen LogP contribution in [0.1, 0.15) is 21.5 Å². The molecule has 0 bridgehead atoms. The fourth-order valence-corrected chi connectivity index (χ4v) is 2.73. The lowest BCUT2D eigenvalue weighted by atomic mass is 10.0. The van der Waals surface area contributed by atoms with Crippen LogP contribution in [-0.4, -0.2) is 10.8 Å². The first-order chi connectivity index (χ1) is 9.25. The second-order valence-corrected chi connectivity index (χ2v) is 5.28. The summed E-state index contributed by atoms with van der Waals surface area (Å²) in [6, 6.07) is 15.4. The van der Waals surface area contributed by atoms with Crippen molar-refractivity contribution >= 4 is 27.9 Å². The lowest BCUT2D eigenvalue weighted by Gasteiger charge is -2.24. The quantitative estimate of drug-likeness (QED) is 0.777. The van der Waals surface area contributed by atoms with Crippen molar-refractivity contribution in [1.82, 2.24) is 4.90 Å². The van der Waals surface area contributed by atoms with Crippen LogP contribution in [0.5, 0.6) is 0 Å². The van der Waals surface area contributed by atoms with Crippen LogP contribution in [0.3, 0.4) is 0 Å². The van der Waals surface area contributed by atoms with E-state index in [1.54, 1.807) is 4.90 Å². The van der Waals surface area contributed by atoms with Crippen LogP contribution in [0.2, 0.25) is 0 Å². The number of rotatable bonds is 1. The van der Waals surface area contributed by atoms with Gasteiger partial charge in [-0.15, -0.1) is 0 Å². The first-order valence-electron chi connectivity index (χ1n) is 6.07. The van der Waals surface area contributed by atoms with Gasteiger partial charge in [-0.05, 0) is 35.4 Å². The molecular weight excluding hydrogens is 302 g/mol. The molecule has 2 aromatic rings. The van der Waals surface area contributed by atoms with Crippen molar-refractivity contribution in [3.63, 3.8) is 0 Å². The summed E-state index contributed by atoms with van der Waals surface area (Å²) < 4.78 is 1.06. The molecule has 1 aliphatic rings. The van der Waals surface area contributed by atoms with Gasteiger partial charge in [-0.2, -0.15) is 0 Å². The third-order valence-corrected chi connectivity index (χ3v) is 3.88. The summed E-state index contributed by atoms with van der Waals surface area (Å²) in [4.78, 5) is 14.1. The van der Waals surface area contributed by atoms with Gasteiger partial charge in [-0.1, -0.05) is 46.3 Å². The molecule has 3 rings (SSSR count). The zero-order valence-electron chi connectivity index (χ0n) is 10.2. The SMILES string of the molecule is O=C(c1ccccc1)N1C=Cc2c(Br)cccc2C1. The molecule has 0 unspecified atom stereocenters. The minimum atomic E-state index is 0.0301. The molecule has 0 fully saturated rings. The lowest BCUT2D eigenvalue weighted by Crippen LogP contribution is -2.27. The van der Waals surface area contributed by atoms with E-state index in [4.69, 9.17) is 0 Å². The Morgan fingerprint density at radius 1 is 1.05 bits per heavy atom. The van der Waals surface area contributed by atoms with Crippen molar-refractivity contribution < 1.29 is 4.79 Å². The number of fused-ring (bicyclic) bond motifs is 1. The number of halogens is 1. The Morgan fingerprint density at radius 2 is 1.84 bits per heavy atom. The predicted molar refractivity (Wildman–Crippen MR) is 79.5 cm³/mol. The summed E-state index contributed by atoms with van der Waals surface area (Å²) in [6.07, 6.45) is 3.83. The standard InChI is InChI=1S/C16H12BrNO/c17-15-8-4-7-13-11-18(10-9-14(13)15)16(19)12-5-2-1-3-6-12/h1-10H,11H2. The van der Waals surface area contributed by atoms with E-state index in [9.17, 15) is 4.79 Å². The Kier molecular flexibility index (Phi) is 3.22. The molecule has 2 nitrogen and oxygen atoms in total. The van der Waals surface area contributed by atoms with E-state index in [0.29, 0.717) is 12.1 Å². The Hall–Kier alpha value is -1.87. The molecule has 1 heterocycles. The molecule has 0 atom stereocenters. The number of nitrogens with zero attached hydrogens (tertiary/aromatic N) is 1. The van der Waals surface area contributed by atoms with Gasteiger partial charge in [0.05, 0.1) is 6.54 Å². The van der Waals surface area contributed by atoms with Crippen molar-refractivity contribution in [3.05, 3.63) is 75.9 Å². The topological polar surface area (TPSA) is 20.3 Å². The Labute approximate surface area is 120 Å². The van der Waals surface area contributed by atoms with Crippen molar-refractivity contribution in [2.45, 2.75) is 6.54 Å². The monoisotopic (exact) mass is 313 g/mol. The van der Waals surface area contributed by atoms with Crippen molar-refractivity contribution in [2.24, 2.45) is 0 Å². The lowest BCUT2D eigenvalue weighted by molar-refractivity contribution is 0.0813. The smallest absolute Gasteiger partial charge is 0.258 e. The average molecular weight is 314 g/mol. The van der Waals surface area contributed by atoms with Crippen LogP contribution < -0.4 is 0 Å². The van der Waals surface area contributed by atoms with Gasteiger partial charge in [0.15, 0.2) is 0 Å². The maximum Gasteiger partial charge on any atom is 0.258 e. The molecule has 0 aliphatic carbocycles. The average Bonchev–Trinajstić information content (AvgIpc) is 2.47. The summed E-state index contributed by atoms with van der Waals surface area (Å²) in [5.74, 6) is 0.0301.